The fraction of sp³-hybridized carbons (Fsp3) is 0.500. The Morgan fingerprint density at radius 1 is 1.31 bits per heavy atom. The van der Waals surface area contributed by atoms with Crippen LogP contribution in [0.5, 0.6) is 0 Å². The molecule has 0 atom stereocenters. The van der Waals surface area contributed by atoms with E-state index in [9.17, 15) is 0 Å². The second-order valence-corrected chi connectivity index (χ2v) is 4.44. The average molecular weight is 218 g/mol. The highest BCUT2D eigenvalue weighted by Crippen LogP contribution is 2.39. The number of nitrogens with zero attached hydrogens (tertiary/aromatic N) is 2. The van der Waals surface area contributed by atoms with Gasteiger partial charge in [-0.15, -0.1) is 0 Å². The molecule has 3 nitrogen and oxygen atoms in total. The third kappa shape index (κ3) is 1.36. The van der Waals surface area contributed by atoms with Crippen molar-refractivity contribution in [3.8, 4) is 0 Å². The number of hydrogen-bond acceptors (Lipinski definition) is 3. The summed E-state index contributed by atoms with van der Waals surface area (Å²) in [7, 11) is 0. The minimum absolute atomic E-state index is 0.0169. The molecule has 5 heteroatoms. The lowest BCUT2D eigenvalue weighted by atomic mass is 9.89. The second-order valence-electron chi connectivity index (χ2n) is 3.74. The predicted octanol–water partition coefficient (Wildman–Crippen LogP) is 2.49. The highest BCUT2D eigenvalue weighted by Gasteiger charge is 2.34. The third-order valence-electron chi connectivity index (χ3n) is 2.21. The lowest BCUT2D eigenvalue weighted by molar-refractivity contribution is 0.584. The lowest BCUT2D eigenvalue weighted by Gasteiger charge is -2.16. The van der Waals surface area contributed by atoms with Crippen LogP contribution < -0.4 is 5.32 Å². The van der Waals surface area contributed by atoms with E-state index in [0.717, 1.165) is 17.9 Å². The van der Waals surface area contributed by atoms with Gasteiger partial charge < -0.3 is 5.32 Å². The summed E-state index contributed by atoms with van der Waals surface area (Å²) in [6.45, 7) is 5.00. The van der Waals surface area contributed by atoms with Crippen molar-refractivity contribution in [3.63, 3.8) is 0 Å². The van der Waals surface area contributed by atoms with Crippen LogP contribution in [0, 0.1) is 0 Å². The van der Waals surface area contributed by atoms with Crippen LogP contribution in [0.25, 0.3) is 0 Å². The van der Waals surface area contributed by atoms with E-state index in [-0.39, 0.29) is 10.7 Å². The van der Waals surface area contributed by atoms with Crippen LogP contribution in [-0.2, 0) is 5.41 Å². The van der Waals surface area contributed by atoms with Crippen LogP contribution in [0.4, 0.5) is 5.82 Å². The van der Waals surface area contributed by atoms with E-state index in [1.54, 1.807) is 0 Å². The number of anilines is 1. The molecule has 0 spiro atoms. The van der Waals surface area contributed by atoms with Crippen molar-refractivity contribution in [1.29, 1.82) is 0 Å². The van der Waals surface area contributed by atoms with Crippen LogP contribution in [0.1, 0.15) is 19.4 Å². The Morgan fingerprint density at radius 2 is 2.00 bits per heavy atom. The zero-order valence-electron chi connectivity index (χ0n) is 7.36. The summed E-state index contributed by atoms with van der Waals surface area (Å²) in [5, 5.41) is 3.79. The van der Waals surface area contributed by atoms with Crippen molar-refractivity contribution in [2.75, 3.05) is 11.9 Å². The smallest absolute Gasteiger partial charge is 0.225 e. The number of hydrogen-bond donors (Lipinski definition) is 1. The summed E-state index contributed by atoms with van der Waals surface area (Å²) < 4.78 is 0. The van der Waals surface area contributed by atoms with Crippen LogP contribution in [0.3, 0.4) is 0 Å². The van der Waals surface area contributed by atoms with Crippen LogP contribution in [0.2, 0.25) is 10.4 Å². The second kappa shape index (κ2) is 2.72. The van der Waals surface area contributed by atoms with E-state index < -0.39 is 0 Å². The van der Waals surface area contributed by atoms with Gasteiger partial charge in [0.25, 0.3) is 0 Å². The SMILES string of the molecule is CC1(C)CNc2nc(Cl)nc(Cl)c21. The van der Waals surface area contributed by atoms with Crippen LogP contribution >= 0.6 is 23.2 Å². The first-order valence-electron chi connectivity index (χ1n) is 3.98. The first-order valence-corrected chi connectivity index (χ1v) is 4.74. The molecular formula is C8H9Cl2N3. The van der Waals surface area contributed by atoms with Crippen molar-refractivity contribution in [2.45, 2.75) is 19.3 Å². The third-order valence-corrected chi connectivity index (χ3v) is 2.65. The van der Waals surface area contributed by atoms with Gasteiger partial charge in [-0.2, -0.15) is 0 Å². The highest BCUT2D eigenvalue weighted by molar-refractivity contribution is 6.32. The van der Waals surface area contributed by atoms with Crippen molar-refractivity contribution < 1.29 is 0 Å². The lowest BCUT2D eigenvalue weighted by Crippen LogP contribution is -2.19. The van der Waals surface area contributed by atoms with E-state index in [1.807, 2.05) is 0 Å². The molecule has 2 rings (SSSR count). The van der Waals surface area contributed by atoms with Crippen molar-refractivity contribution in [3.05, 3.63) is 16.0 Å². The molecule has 0 saturated carbocycles. The molecule has 0 aromatic carbocycles. The minimum Gasteiger partial charge on any atom is -0.369 e. The highest BCUT2D eigenvalue weighted by atomic mass is 35.5. The Hall–Kier alpha value is -0.540. The number of aromatic nitrogens is 2. The molecule has 1 aliphatic rings. The number of halogens is 2. The summed E-state index contributed by atoms with van der Waals surface area (Å²) >= 11 is 11.7. The molecular weight excluding hydrogens is 209 g/mol. The maximum atomic E-state index is 5.98. The summed E-state index contributed by atoms with van der Waals surface area (Å²) in [4.78, 5) is 7.99. The number of fused-ring (bicyclic) bond motifs is 1. The van der Waals surface area contributed by atoms with Gasteiger partial charge in [0.15, 0.2) is 0 Å². The van der Waals surface area contributed by atoms with Gasteiger partial charge in [-0.25, -0.2) is 9.97 Å². The fourth-order valence-corrected chi connectivity index (χ4v) is 2.17. The first-order chi connectivity index (χ1) is 6.00. The summed E-state index contributed by atoms with van der Waals surface area (Å²) in [5.74, 6) is 0.759. The van der Waals surface area contributed by atoms with Gasteiger partial charge in [-0.3, -0.25) is 0 Å². The molecule has 1 aromatic heterocycles. The Balaban J connectivity index is 2.65. The van der Waals surface area contributed by atoms with Gasteiger partial charge >= 0.3 is 0 Å². The predicted molar refractivity (Wildman–Crippen MR) is 53.6 cm³/mol. The molecule has 0 saturated heterocycles. The molecule has 70 valence electrons. The van der Waals surface area contributed by atoms with E-state index in [1.165, 1.54) is 0 Å². The maximum absolute atomic E-state index is 5.98. The van der Waals surface area contributed by atoms with Crippen LogP contribution in [0.15, 0.2) is 0 Å². The Bertz CT molecular complexity index is 363. The molecule has 1 N–H and O–H groups in total. The maximum Gasteiger partial charge on any atom is 0.225 e. The van der Waals surface area contributed by atoms with Gasteiger partial charge in [0.2, 0.25) is 5.28 Å². The molecule has 13 heavy (non-hydrogen) atoms. The molecule has 0 fully saturated rings. The normalized spacial score (nSPS) is 18.2. The van der Waals surface area contributed by atoms with E-state index in [4.69, 9.17) is 23.2 Å². The zero-order valence-corrected chi connectivity index (χ0v) is 8.87. The van der Waals surface area contributed by atoms with Crippen molar-refractivity contribution in [2.24, 2.45) is 0 Å². The quantitative estimate of drug-likeness (QED) is 0.537. The van der Waals surface area contributed by atoms with Gasteiger partial charge in [0.05, 0.1) is 0 Å². The van der Waals surface area contributed by atoms with E-state index in [0.29, 0.717) is 5.15 Å². The van der Waals surface area contributed by atoms with E-state index >= 15 is 0 Å². The molecule has 0 amide bonds. The monoisotopic (exact) mass is 217 g/mol. The molecule has 0 unspecified atom stereocenters. The topological polar surface area (TPSA) is 37.8 Å². The molecule has 2 heterocycles. The minimum atomic E-state index is -0.0169. The van der Waals surface area contributed by atoms with Crippen molar-refractivity contribution >= 4 is 29.0 Å². The summed E-state index contributed by atoms with van der Waals surface area (Å²) in [6, 6.07) is 0. The van der Waals surface area contributed by atoms with E-state index in [2.05, 4.69) is 29.1 Å². The van der Waals surface area contributed by atoms with Gasteiger partial charge in [-0.1, -0.05) is 25.4 Å². The molecule has 1 aromatic rings. The first kappa shape index (κ1) is 9.03. The van der Waals surface area contributed by atoms with Gasteiger partial charge in [0.1, 0.15) is 11.0 Å². The Kier molecular flexibility index (Phi) is 1.89. The standard InChI is InChI=1S/C8H9Cl2N3/c1-8(2)3-11-6-4(8)5(9)12-7(10)13-6/h3H2,1-2H3,(H,11,12,13). The fourth-order valence-electron chi connectivity index (χ4n) is 1.53. The molecule has 0 aliphatic carbocycles. The number of nitrogens with one attached hydrogen (secondary N) is 1. The average Bonchev–Trinajstić information content (AvgIpc) is 2.26. The Morgan fingerprint density at radius 3 is 2.69 bits per heavy atom. The van der Waals surface area contributed by atoms with Crippen LogP contribution in [-0.4, -0.2) is 16.5 Å². The molecule has 0 bridgehead atoms. The Labute approximate surface area is 86.5 Å². The van der Waals surface area contributed by atoms with Gasteiger partial charge in [0, 0.05) is 17.5 Å². The van der Waals surface area contributed by atoms with Gasteiger partial charge in [-0.05, 0) is 11.6 Å². The zero-order chi connectivity index (χ0) is 9.64. The van der Waals surface area contributed by atoms with Crippen molar-refractivity contribution in [1.82, 2.24) is 9.97 Å². The molecule has 0 radical (unpaired) electrons. The summed E-state index contributed by atoms with van der Waals surface area (Å²) in [5.41, 5.74) is 0.940. The molecule has 1 aliphatic heterocycles. The summed E-state index contributed by atoms with van der Waals surface area (Å²) in [6.07, 6.45) is 0. The number of rotatable bonds is 0. The largest absolute Gasteiger partial charge is 0.369 e.